The van der Waals surface area contributed by atoms with Gasteiger partial charge < -0.3 is 10.1 Å². The van der Waals surface area contributed by atoms with Gasteiger partial charge in [-0.25, -0.2) is 0 Å². The molecule has 1 aliphatic rings. The van der Waals surface area contributed by atoms with Crippen LogP contribution in [0.25, 0.3) is 0 Å². The highest BCUT2D eigenvalue weighted by Crippen LogP contribution is 2.31. The molecule has 2 nitrogen and oxygen atoms in total. The molecule has 0 aliphatic heterocycles. The van der Waals surface area contributed by atoms with Crippen LogP contribution in [0.15, 0.2) is 18.2 Å². The molecule has 0 spiro atoms. The van der Waals surface area contributed by atoms with Gasteiger partial charge in [-0.15, -0.1) is 0 Å². The molecular formula is C12H16ClNO. The van der Waals surface area contributed by atoms with Crippen LogP contribution >= 0.6 is 11.6 Å². The van der Waals surface area contributed by atoms with Crippen molar-refractivity contribution >= 4 is 17.3 Å². The molecular weight excluding hydrogens is 210 g/mol. The first-order chi connectivity index (χ1) is 7.20. The van der Waals surface area contributed by atoms with Crippen LogP contribution in [0.4, 0.5) is 5.69 Å². The van der Waals surface area contributed by atoms with Gasteiger partial charge in [0.25, 0.3) is 0 Å². The zero-order valence-electron chi connectivity index (χ0n) is 9.09. The van der Waals surface area contributed by atoms with Crippen molar-refractivity contribution in [3.8, 4) is 0 Å². The largest absolute Gasteiger partial charge is 0.381 e. The maximum atomic E-state index is 6.13. The Bertz CT molecular complexity index is 327. The van der Waals surface area contributed by atoms with Crippen molar-refractivity contribution in [1.29, 1.82) is 0 Å². The summed E-state index contributed by atoms with van der Waals surface area (Å²) in [6, 6.07) is 6.47. The van der Waals surface area contributed by atoms with E-state index in [9.17, 15) is 0 Å². The van der Waals surface area contributed by atoms with E-state index in [2.05, 4.69) is 18.3 Å². The van der Waals surface area contributed by atoms with Gasteiger partial charge in [-0.05, 0) is 31.4 Å². The van der Waals surface area contributed by atoms with Crippen LogP contribution in [0.5, 0.6) is 0 Å². The van der Waals surface area contributed by atoms with Crippen LogP contribution in [0.2, 0.25) is 5.02 Å². The molecule has 0 atom stereocenters. The topological polar surface area (TPSA) is 21.3 Å². The van der Waals surface area contributed by atoms with E-state index in [-0.39, 0.29) is 0 Å². The van der Waals surface area contributed by atoms with Crippen molar-refractivity contribution in [2.75, 3.05) is 12.4 Å². The molecule has 1 aliphatic carbocycles. The van der Waals surface area contributed by atoms with Gasteiger partial charge in [-0.1, -0.05) is 23.7 Å². The van der Waals surface area contributed by atoms with E-state index in [0.29, 0.717) is 12.1 Å². The van der Waals surface area contributed by atoms with Gasteiger partial charge in [0.05, 0.1) is 16.8 Å². The van der Waals surface area contributed by atoms with E-state index < -0.39 is 0 Å². The average Bonchev–Trinajstić information content (AvgIpc) is 2.14. The van der Waals surface area contributed by atoms with E-state index in [0.717, 1.165) is 23.6 Å². The Morgan fingerprint density at radius 2 is 2.13 bits per heavy atom. The number of ether oxygens (including phenoxy) is 1. The molecule has 1 saturated carbocycles. The SMILES string of the molecule is COC1CC(Nc2c(C)cccc2Cl)C1. The van der Waals surface area contributed by atoms with Crippen molar-refractivity contribution in [3.05, 3.63) is 28.8 Å². The highest BCUT2D eigenvalue weighted by atomic mass is 35.5. The second kappa shape index (κ2) is 4.42. The minimum Gasteiger partial charge on any atom is -0.381 e. The fraction of sp³-hybridized carbons (Fsp3) is 0.500. The Morgan fingerprint density at radius 1 is 1.40 bits per heavy atom. The molecule has 0 heterocycles. The molecule has 1 aromatic rings. The second-order valence-electron chi connectivity index (χ2n) is 4.10. The smallest absolute Gasteiger partial charge is 0.0640 e. The maximum absolute atomic E-state index is 6.13. The first-order valence-electron chi connectivity index (χ1n) is 5.25. The van der Waals surface area contributed by atoms with Crippen molar-refractivity contribution in [2.24, 2.45) is 0 Å². The van der Waals surface area contributed by atoms with Crippen LogP contribution in [-0.4, -0.2) is 19.3 Å². The minimum atomic E-state index is 0.422. The van der Waals surface area contributed by atoms with Crippen LogP contribution < -0.4 is 5.32 Å². The van der Waals surface area contributed by atoms with Gasteiger partial charge in [0.1, 0.15) is 0 Å². The number of hydrogen-bond acceptors (Lipinski definition) is 2. The summed E-state index contributed by atoms with van der Waals surface area (Å²) in [6.07, 6.45) is 2.56. The summed E-state index contributed by atoms with van der Waals surface area (Å²) in [5.41, 5.74) is 2.27. The second-order valence-corrected chi connectivity index (χ2v) is 4.51. The van der Waals surface area contributed by atoms with E-state index in [1.54, 1.807) is 7.11 Å². The number of rotatable bonds is 3. The van der Waals surface area contributed by atoms with Gasteiger partial charge in [0, 0.05) is 13.2 Å². The predicted molar refractivity (Wildman–Crippen MR) is 63.6 cm³/mol. The Balaban J connectivity index is 2.00. The monoisotopic (exact) mass is 225 g/mol. The standard InChI is InChI=1S/C12H16ClNO/c1-8-4-3-5-11(13)12(8)14-9-6-10(7-9)15-2/h3-5,9-10,14H,6-7H2,1-2H3. The number of benzene rings is 1. The van der Waals surface area contributed by atoms with E-state index in [1.807, 2.05) is 12.1 Å². The molecule has 0 saturated heterocycles. The van der Waals surface area contributed by atoms with Crippen LogP contribution in [-0.2, 0) is 4.74 Å². The first-order valence-corrected chi connectivity index (χ1v) is 5.63. The fourth-order valence-corrected chi connectivity index (χ4v) is 2.17. The summed E-state index contributed by atoms with van der Waals surface area (Å²) >= 11 is 6.13. The Morgan fingerprint density at radius 3 is 2.73 bits per heavy atom. The number of hydrogen-bond donors (Lipinski definition) is 1. The highest BCUT2D eigenvalue weighted by Gasteiger charge is 2.29. The molecule has 0 bridgehead atoms. The third-order valence-corrected chi connectivity index (χ3v) is 3.31. The van der Waals surface area contributed by atoms with Gasteiger partial charge in [-0.2, -0.15) is 0 Å². The molecule has 0 radical (unpaired) electrons. The number of halogens is 1. The van der Waals surface area contributed by atoms with Crippen molar-refractivity contribution in [3.63, 3.8) is 0 Å². The summed E-state index contributed by atoms with van der Waals surface area (Å²) in [5.74, 6) is 0. The molecule has 1 fully saturated rings. The molecule has 1 aromatic carbocycles. The lowest BCUT2D eigenvalue weighted by Crippen LogP contribution is -2.40. The van der Waals surface area contributed by atoms with Crippen molar-refractivity contribution < 1.29 is 4.74 Å². The number of para-hydroxylation sites is 1. The lowest BCUT2D eigenvalue weighted by molar-refractivity contribution is 0.0328. The third kappa shape index (κ3) is 2.27. The minimum absolute atomic E-state index is 0.422. The zero-order valence-corrected chi connectivity index (χ0v) is 9.84. The summed E-state index contributed by atoms with van der Waals surface area (Å²) in [7, 11) is 1.77. The van der Waals surface area contributed by atoms with E-state index in [4.69, 9.17) is 16.3 Å². The predicted octanol–water partition coefficient (Wildman–Crippen LogP) is 3.24. The summed E-state index contributed by atoms with van der Waals surface area (Å²) in [6.45, 7) is 2.07. The summed E-state index contributed by atoms with van der Waals surface area (Å²) < 4.78 is 5.24. The molecule has 2 rings (SSSR count). The molecule has 1 N–H and O–H groups in total. The number of methoxy groups -OCH3 is 1. The van der Waals surface area contributed by atoms with Gasteiger partial charge >= 0.3 is 0 Å². The Labute approximate surface area is 95.6 Å². The number of anilines is 1. The van der Waals surface area contributed by atoms with Crippen molar-refractivity contribution in [1.82, 2.24) is 0 Å². The number of aryl methyl sites for hydroxylation is 1. The van der Waals surface area contributed by atoms with Crippen molar-refractivity contribution in [2.45, 2.75) is 31.9 Å². The van der Waals surface area contributed by atoms with Crippen LogP contribution in [0.1, 0.15) is 18.4 Å². The molecule has 0 amide bonds. The molecule has 3 heteroatoms. The Kier molecular flexibility index (Phi) is 3.17. The lowest BCUT2D eigenvalue weighted by atomic mass is 9.89. The quantitative estimate of drug-likeness (QED) is 0.853. The van der Waals surface area contributed by atoms with Gasteiger partial charge in [0.2, 0.25) is 0 Å². The van der Waals surface area contributed by atoms with Gasteiger partial charge in [-0.3, -0.25) is 0 Å². The average molecular weight is 226 g/mol. The Hall–Kier alpha value is -0.730. The fourth-order valence-electron chi connectivity index (χ4n) is 1.89. The van der Waals surface area contributed by atoms with E-state index >= 15 is 0 Å². The molecule has 82 valence electrons. The maximum Gasteiger partial charge on any atom is 0.0640 e. The first kappa shape index (κ1) is 10.8. The normalized spacial score (nSPS) is 24.7. The zero-order chi connectivity index (χ0) is 10.8. The molecule has 0 unspecified atom stereocenters. The van der Waals surface area contributed by atoms with Crippen LogP contribution in [0, 0.1) is 6.92 Å². The third-order valence-electron chi connectivity index (χ3n) is 3.00. The highest BCUT2D eigenvalue weighted by molar-refractivity contribution is 6.33. The molecule has 0 aromatic heterocycles. The summed E-state index contributed by atoms with van der Waals surface area (Å²) in [4.78, 5) is 0. The van der Waals surface area contributed by atoms with Crippen LogP contribution in [0.3, 0.4) is 0 Å². The van der Waals surface area contributed by atoms with E-state index in [1.165, 1.54) is 5.56 Å². The lowest BCUT2D eigenvalue weighted by Gasteiger charge is -2.35. The number of nitrogens with one attached hydrogen (secondary N) is 1. The molecule has 15 heavy (non-hydrogen) atoms. The summed E-state index contributed by atoms with van der Waals surface area (Å²) in [5, 5.41) is 4.27. The van der Waals surface area contributed by atoms with Gasteiger partial charge in [0.15, 0.2) is 0 Å².